The fourth-order valence-electron chi connectivity index (χ4n) is 3.86. The molecule has 1 aliphatic heterocycles. The fraction of sp³-hybridized carbons (Fsp3) is 0.125. The van der Waals surface area contributed by atoms with Gasteiger partial charge in [0.2, 0.25) is 0 Å². The molecule has 10 heteroatoms. The molecule has 1 aliphatic rings. The highest BCUT2D eigenvalue weighted by molar-refractivity contribution is 6.46. The van der Waals surface area contributed by atoms with Crippen LogP contribution in [-0.4, -0.2) is 38.7 Å². The summed E-state index contributed by atoms with van der Waals surface area (Å²) in [5.74, 6) is -3.35. The van der Waals surface area contributed by atoms with Gasteiger partial charge in [0.05, 0.1) is 23.6 Å². The Bertz CT molecular complexity index is 1330. The van der Waals surface area contributed by atoms with Crippen LogP contribution in [0.25, 0.3) is 5.76 Å². The summed E-state index contributed by atoms with van der Waals surface area (Å²) in [6.07, 6.45) is 3.07. The quantitative estimate of drug-likeness (QED) is 0.194. The minimum absolute atomic E-state index is 0.0421. The summed E-state index contributed by atoms with van der Waals surface area (Å²) in [4.78, 5) is 42.0. The van der Waals surface area contributed by atoms with E-state index in [-0.39, 0.29) is 34.7 Å². The van der Waals surface area contributed by atoms with Crippen LogP contribution in [0.1, 0.15) is 22.7 Å². The first-order valence-corrected chi connectivity index (χ1v) is 10.1. The third kappa shape index (κ3) is 4.08. The number of rotatable bonds is 6. The third-order valence-corrected chi connectivity index (χ3v) is 5.44. The Hall–Kier alpha value is -4.60. The minimum Gasteiger partial charge on any atom is -0.507 e. The molecule has 2 aromatic carbocycles. The molecule has 1 amide bonds. The summed E-state index contributed by atoms with van der Waals surface area (Å²) in [6.45, 7) is -0.0421. The number of aliphatic hydroxyl groups excluding tert-OH is 1. The van der Waals surface area contributed by atoms with Crippen LogP contribution in [0.4, 0.5) is 10.1 Å². The molecule has 1 atom stereocenters. The van der Waals surface area contributed by atoms with Crippen molar-refractivity contribution >= 4 is 23.1 Å². The van der Waals surface area contributed by atoms with E-state index in [9.17, 15) is 29.2 Å². The van der Waals surface area contributed by atoms with Crippen LogP contribution in [0, 0.1) is 15.9 Å². The molecule has 0 aliphatic carbocycles. The number of halogens is 1. The normalized spacial score (nSPS) is 17.1. The molecule has 0 spiro atoms. The molecule has 4 rings (SSSR count). The number of aromatic nitrogens is 1. The maximum absolute atomic E-state index is 14.3. The van der Waals surface area contributed by atoms with E-state index in [1.165, 1.54) is 54.6 Å². The van der Waals surface area contributed by atoms with Gasteiger partial charge in [0.1, 0.15) is 5.76 Å². The number of carbonyl (C=O) groups is 2. The standard InChI is InChI=1S/C24H18FN3O6/c1-34-19-8-7-16(11-18(19)25)22(29)20-21(15-5-2-6-17(10-15)28(32)33)27(24(31)23(20)30)13-14-4-3-9-26-12-14/h2-12,21,29H,13H2,1H3/b22-20+. The third-order valence-electron chi connectivity index (χ3n) is 5.44. The summed E-state index contributed by atoms with van der Waals surface area (Å²) >= 11 is 0. The molecule has 0 bridgehead atoms. The number of nitro groups is 1. The topological polar surface area (TPSA) is 123 Å². The van der Waals surface area contributed by atoms with Crippen molar-refractivity contribution in [2.24, 2.45) is 0 Å². The van der Waals surface area contributed by atoms with Crippen molar-refractivity contribution < 1.29 is 28.7 Å². The van der Waals surface area contributed by atoms with E-state index in [0.717, 1.165) is 6.07 Å². The average Bonchev–Trinajstić information content (AvgIpc) is 3.09. The average molecular weight is 463 g/mol. The fourth-order valence-corrected chi connectivity index (χ4v) is 3.86. The van der Waals surface area contributed by atoms with Crippen molar-refractivity contribution in [3.8, 4) is 5.75 Å². The highest BCUT2D eigenvalue weighted by Crippen LogP contribution is 2.41. The molecule has 1 unspecified atom stereocenters. The molecule has 0 saturated carbocycles. The number of pyridine rings is 1. The lowest BCUT2D eigenvalue weighted by molar-refractivity contribution is -0.384. The van der Waals surface area contributed by atoms with Crippen molar-refractivity contribution in [3.63, 3.8) is 0 Å². The summed E-state index contributed by atoms with van der Waals surface area (Å²) < 4.78 is 19.2. The van der Waals surface area contributed by atoms with E-state index in [0.29, 0.717) is 5.56 Å². The second kappa shape index (κ2) is 9.10. The van der Waals surface area contributed by atoms with E-state index >= 15 is 0 Å². The number of nitrogens with zero attached hydrogens (tertiary/aromatic N) is 3. The van der Waals surface area contributed by atoms with Gasteiger partial charge < -0.3 is 14.7 Å². The summed E-state index contributed by atoms with van der Waals surface area (Å²) in [7, 11) is 1.28. The number of Topliss-reactive ketones (excluding diaryl/α,β-unsaturated/α-hetero) is 1. The van der Waals surface area contributed by atoms with Crippen molar-refractivity contribution in [2.75, 3.05) is 7.11 Å². The lowest BCUT2D eigenvalue weighted by Gasteiger charge is -2.25. The molecule has 34 heavy (non-hydrogen) atoms. The first-order valence-electron chi connectivity index (χ1n) is 10.1. The van der Waals surface area contributed by atoms with E-state index < -0.39 is 34.2 Å². The Morgan fingerprint density at radius 1 is 1.21 bits per heavy atom. The van der Waals surface area contributed by atoms with Crippen LogP contribution < -0.4 is 4.74 Å². The Morgan fingerprint density at radius 2 is 2.00 bits per heavy atom. The van der Waals surface area contributed by atoms with Crippen molar-refractivity contribution in [1.29, 1.82) is 0 Å². The Morgan fingerprint density at radius 3 is 2.65 bits per heavy atom. The first kappa shape index (κ1) is 22.6. The van der Waals surface area contributed by atoms with Crippen molar-refractivity contribution in [1.82, 2.24) is 9.88 Å². The van der Waals surface area contributed by atoms with Crippen LogP contribution in [0.5, 0.6) is 5.75 Å². The van der Waals surface area contributed by atoms with Crippen LogP contribution in [-0.2, 0) is 16.1 Å². The molecule has 1 N–H and O–H groups in total. The van der Waals surface area contributed by atoms with Gasteiger partial charge in [-0.1, -0.05) is 18.2 Å². The highest BCUT2D eigenvalue weighted by atomic mass is 19.1. The molecule has 2 heterocycles. The number of hydrogen-bond acceptors (Lipinski definition) is 7. The molecule has 1 aromatic heterocycles. The van der Waals surface area contributed by atoms with Crippen LogP contribution >= 0.6 is 0 Å². The lowest BCUT2D eigenvalue weighted by atomic mass is 9.94. The van der Waals surface area contributed by atoms with Gasteiger partial charge in [-0.2, -0.15) is 0 Å². The molecule has 0 radical (unpaired) electrons. The zero-order chi connectivity index (χ0) is 24.4. The number of benzene rings is 2. The minimum atomic E-state index is -1.15. The molecular formula is C24H18FN3O6. The number of likely N-dealkylation sites (tertiary alicyclic amines) is 1. The molecule has 3 aromatic rings. The number of aliphatic hydroxyl groups is 1. The monoisotopic (exact) mass is 463 g/mol. The smallest absolute Gasteiger partial charge is 0.295 e. The summed E-state index contributed by atoms with van der Waals surface area (Å²) in [5, 5.41) is 22.4. The van der Waals surface area contributed by atoms with Crippen LogP contribution in [0.3, 0.4) is 0 Å². The van der Waals surface area contributed by atoms with Crippen molar-refractivity contribution in [2.45, 2.75) is 12.6 Å². The van der Waals surface area contributed by atoms with Gasteiger partial charge in [-0.25, -0.2) is 4.39 Å². The second-order valence-electron chi connectivity index (χ2n) is 7.49. The van der Waals surface area contributed by atoms with Gasteiger partial charge in [0, 0.05) is 36.6 Å². The largest absolute Gasteiger partial charge is 0.507 e. The van der Waals surface area contributed by atoms with Gasteiger partial charge >= 0.3 is 0 Å². The van der Waals surface area contributed by atoms with Crippen molar-refractivity contribution in [3.05, 3.63) is 105 Å². The zero-order valence-corrected chi connectivity index (χ0v) is 17.8. The summed E-state index contributed by atoms with van der Waals surface area (Å²) in [6, 6.07) is 11.3. The predicted molar refractivity (Wildman–Crippen MR) is 118 cm³/mol. The van der Waals surface area contributed by atoms with Crippen LogP contribution in [0.2, 0.25) is 0 Å². The maximum atomic E-state index is 14.3. The van der Waals surface area contributed by atoms with E-state index in [1.807, 2.05) is 0 Å². The number of hydrogen-bond donors (Lipinski definition) is 1. The maximum Gasteiger partial charge on any atom is 0.295 e. The molecule has 1 fully saturated rings. The second-order valence-corrected chi connectivity index (χ2v) is 7.49. The van der Waals surface area contributed by atoms with Gasteiger partial charge in [-0.15, -0.1) is 0 Å². The number of ketones is 1. The van der Waals surface area contributed by atoms with E-state index in [1.54, 1.807) is 18.3 Å². The molecule has 1 saturated heterocycles. The number of nitro benzene ring substituents is 1. The highest BCUT2D eigenvalue weighted by Gasteiger charge is 2.46. The molecule has 172 valence electrons. The SMILES string of the molecule is COc1ccc(/C(O)=C2\C(=O)C(=O)N(Cc3cccnc3)C2c2cccc([N+](=O)[O-])c2)cc1F. The number of methoxy groups -OCH3 is 1. The Kier molecular flexibility index (Phi) is 6.05. The Balaban J connectivity index is 1.89. The lowest BCUT2D eigenvalue weighted by Crippen LogP contribution is -2.29. The first-order chi connectivity index (χ1) is 16.3. The number of amides is 1. The summed E-state index contributed by atoms with van der Waals surface area (Å²) in [5.41, 5.74) is 0.246. The number of carbonyl (C=O) groups excluding carboxylic acids is 2. The van der Waals surface area contributed by atoms with Gasteiger partial charge in [-0.3, -0.25) is 24.7 Å². The van der Waals surface area contributed by atoms with E-state index in [2.05, 4.69) is 4.98 Å². The number of ether oxygens (including phenoxy) is 1. The zero-order valence-electron chi connectivity index (χ0n) is 17.8. The van der Waals surface area contributed by atoms with Gasteiger partial charge in [0.15, 0.2) is 11.6 Å². The Labute approximate surface area is 192 Å². The number of non-ortho nitro benzene ring substituents is 1. The van der Waals surface area contributed by atoms with Gasteiger partial charge in [-0.05, 0) is 35.4 Å². The predicted octanol–water partition coefficient (Wildman–Crippen LogP) is 3.76. The van der Waals surface area contributed by atoms with E-state index in [4.69, 9.17) is 4.74 Å². The molecular weight excluding hydrogens is 445 g/mol. The van der Waals surface area contributed by atoms with Crippen LogP contribution in [0.15, 0.2) is 72.6 Å². The molecule has 9 nitrogen and oxygen atoms in total. The van der Waals surface area contributed by atoms with Gasteiger partial charge in [0.25, 0.3) is 17.4 Å².